The van der Waals surface area contributed by atoms with Gasteiger partial charge in [-0.3, -0.25) is 14.9 Å². The normalized spacial score (nSPS) is 29.8. The lowest BCUT2D eigenvalue weighted by Gasteiger charge is -2.31. The van der Waals surface area contributed by atoms with Gasteiger partial charge < -0.3 is 0 Å². The van der Waals surface area contributed by atoms with Gasteiger partial charge in [0.15, 0.2) is 0 Å². The van der Waals surface area contributed by atoms with Crippen LogP contribution in [0.1, 0.15) is 37.3 Å². The predicted molar refractivity (Wildman–Crippen MR) is 76.0 cm³/mol. The molecule has 19 heavy (non-hydrogen) atoms. The molecule has 1 heterocycles. The molecule has 1 atom stereocenters. The first kappa shape index (κ1) is 13.0. The van der Waals surface area contributed by atoms with Crippen LogP contribution < -0.4 is 16.0 Å². The number of rotatable bonds is 2. The predicted octanol–water partition coefficient (Wildman–Crippen LogP) is 2.13. The average molecular weight is 277 g/mol. The molecule has 0 aromatic heterocycles. The van der Waals surface area contributed by atoms with E-state index >= 15 is 0 Å². The smallest absolute Gasteiger partial charge is 0.236 e. The molecule has 102 valence electrons. The molecule has 1 aromatic carbocycles. The van der Waals surface area contributed by atoms with Gasteiger partial charge in [0.1, 0.15) is 0 Å². The van der Waals surface area contributed by atoms with Gasteiger partial charge in [0.05, 0.1) is 0 Å². The standard InChI is InChI=1S/C14H19N3OS/c15-16-14(18)10-7-5-9(6-8-10)13-11-3-1-2-4-12(11)19-17-13/h1-4,9-10,13,17H,5-8,15H2,(H,16,18). The van der Waals surface area contributed by atoms with Crippen LogP contribution in [0.3, 0.4) is 0 Å². The molecule has 1 aliphatic carbocycles. The molecule has 0 bridgehead atoms. The highest BCUT2D eigenvalue weighted by molar-refractivity contribution is 7.97. The van der Waals surface area contributed by atoms with Gasteiger partial charge in [0.25, 0.3) is 0 Å². The van der Waals surface area contributed by atoms with E-state index in [0.29, 0.717) is 12.0 Å². The maximum atomic E-state index is 11.5. The highest BCUT2D eigenvalue weighted by Gasteiger charge is 2.34. The fraction of sp³-hybridized carbons (Fsp3) is 0.500. The molecule has 1 amide bonds. The summed E-state index contributed by atoms with van der Waals surface area (Å²) in [5.74, 6) is 5.93. The summed E-state index contributed by atoms with van der Waals surface area (Å²) in [7, 11) is 0. The van der Waals surface area contributed by atoms with Crippen molar-refractivity contribution in [3.8, 4) is 0 Å². The molecule has 0 saturated heterocycles. The van der Waals surface area contributed by atoms with Gasteiger partial charge >= 0.3 is 0 Å². The zero-order valence-electron chi connectivity index (χ0n) is 10.8. The summed E-state index contributed by atoms with van der Waals surface area (Å²) >= 11 is 1.73. The van der Waals surface area contributed by atoms with E-state index in [1.807, 2.05) is 0 Å². The molecule has 5 heteroatoms. The number of benzene rings is 1. The minimum Gasteiger partial charge on any atom is -0.294 e. The number of hydrogen-bond donors (Lipinski definition) is 3. The summed E-state index contributed by atoms with van der Waals surface area (Å²) in [6.45, 7) is 0. The number of carbonyl (C=O) groups excluding carboxylic acids is 1. The molecule has 2 aliphatic rings. The van der Waals surface area contributed by atoms with Crippen molar-refractivity contribution in [2.75, 3.05) is 0 Å². The van der Waals surface area contributed by atoms with Gasteiger partial charge in [-0.2, -0.15) is 0 Å². The van der Waals surface area contributed by atoms with Crippen LogP contribution in [0.5, 0.6) is 0 Å². The summed E-state index contributed by atoms with van der Waals surface area (Å²) < 4.78 is 3.54. The Morgan fingerprint density at radius 3 is 2.74 bits per heavy atom. The second-order valence-corrected chi connectivity index (χ2v) is 6.24. The molecule has 3 rings (SSSR count). The van der Waals surface area contributed by atoms with E-state index in [-0.39, 0.29) is 11.8 Å². The first-order valence-corrected chi connectivity index (χ1v) is 7.63. The molecule has 1 aromatic rings. The van der Waals surface area contributed by atoms with Gasteiger partial charge in [-0.1, -0.05) is 18.2 Å². The van der Waals surface area contributed by atoms with Crippen LogP contribution in [0.25, 0.3) is 0 Å². The van der Waals surface area contributed by atoms with Crippen molar-refractivity contribution in [3.05, 3.63) is 29.8 Å². The fourth-order valence-electron chi connectivity index (χ4n) is 3.20. The number of fused-ring (bicyclic) bond motifs is 1. The van der Waals surface area contributed by atoms with E-state index < -0.39 is 0 Å². The fourth-order valence-corrected chi connectivity index (χ4v) is 4.24. The van der Waals surface area contributed by atoms with Crippen molar-refractivity contribution in [3.63, 3.8) is 0 Å². The Bertz CT molecular complexity index is 472. The lowest BCUT2D eigenvalue weighted by atomic mass is 9.77. The van der Waals surface area contributed by atoms with Crippen LogP contribution in [-0.2, 0) is 4.79 Å². The van der Waals surface area contributed by atoms with Crippen molar-refractivity contribution < 1.29 is 4.79 Å². The minimum atomic E-state index is -0.00685. The number of carbonyl (C=O) groups is 1. The maximum absolute atomic E-state index is 11.5. The lowest BCUT2D eigenvalue weighted by molar-refractivity contribution is -0.126. The van der Waals surface area contributed by atoms with Crippen molar-refractivity contribution >= 4 is 17.9 Å². The molecular formula is C14H19N3OS. The topological polar surface area (TPSA) is 67.1 Å². The van der Waals surface area contributed by atoms with Crippen LogP contribution in [-0.4, -0.2) is 5.91 Å². The molecule has 0 spiro atoms. The number of hydrogen-bond acceptors (Lipinski definition) is 4. The Hall–Kier alpha value is -1.04. The highest BCUT2D eigenvalue weighted by Crippen LogP contribution is 2.44. The van der Waals surface area contributed by atoms with Crippen molar-refractivity contribution in [1.29, 1.82) is 0 Å². The van der Waals surface area contributed by atoms with Crippen LogP contribution in [0.15, 0.2) is 29.2 Å². The van der Waals surface area contributed by atoms with Gasteiger partial charge in [-0.25, -0.2) is 5.84 Å². The lowest BCUT2D eigenvalue weighted by Crippen LogP contribution is -2.38. The van der Waals surface area contributed by atoms with E-state index in [9.17, 15) is 4.79 Å². The molecule has 1 aliphatic heterocycles. The Morgan fingerprint density at radius 1 is 1.26 bits per heavy atom. The molecule has 0 radical (unpaired) electrons. The summed E-state index contributed by atoms with van der Waals surface area (Å²) in [4.78, 5) is 12.9. The number of amides is 1. The third-order valence-corrected chi connectivity index (χ3v) is 5.27. The number of nitrogens with one attached hydrogen (secondary N) is 2. The van der Waals surface area contributed by atoms with E-state index in [1.165, 1.54) is 10.5 Å². The minimum absolute atomic E-state index is 0.00685. The van der Waals surface area contributed by atoms with Gasteiger partial charge in [0.2, 0.25) is 5.91 Å². The number of hydrazine groups is 1. The molecule has 1 fully saturated rings. The highest BCUT2D eigenvalue weighted by atomic mass is 32.2. The molecule has 4 nitrogen and oxygen atoms in total. The van der Waals surface area contributed by atoms with Crippen molar-refractivity contribution in [2.24, 2.45) is 17.7 Å². The molecular weight excluding hydrogens is 258 g/mol. The van der Waals surface area contributed by atoms with Crippen LogP contribution >= 0.6 is 11.9 Å². The third-order valence-electron chi connectivity index (χ3n) is 4.31. The Kier molecular flexibility index (Phi) is 3.77. The molecule has 1 unspecified atom stereocenters. The summed E-state index contributed by atoms with van der Waals surface area (Å²) in [6.07, 6.45) is 4.06. The zero-order chi connectivity index (χ0) is 13.2. The summed E-state index contributed by atoms with van der Waals surface area (Å²) in [5.41, 5.74) is 3.69. The summed E-state index contributed by atoms with van der Waals surface area (Å²) in [6, 6.07) is 9.00. The van der Waals surface area contributed by atoms with Crippen LogP contribution in [0.2, 0.25) is 0 Å². The number of nitrogens with two attached hydrogens (primary N) is 1. The van der Waals surface area contributed by atoms with E-state index in [1.54, 1.807) is 11.9 Å². The first-order valence-electron chi connectivity index (χ1n) is 6.81. The third kappa shape index (κ3) is 2.50. The quantitative estimate of drug-likeness (QED) is 0.335. The van der Waals surface area contributed by atoms with E-state index in [4.69, 9.17) is 5.84 Å². The maximum Gasteiger partial charge on any atom is 0.236 e. The monoisotopic (exact) mass is 277 g/mol. The summed E-state index contributed by atoms with van der Waals surface area (Å²) in [5, 5.41) is 0. The van der Waals surface area contributed by atoms with Gasteiger partial charge in [-0.05, 0) is 55.2 Å². The Morgan fingerprint density at radius 2 is 2.00 bits per heavy atom. The SMILES string of the molecule is NNC(=O)C1CCC(C2NSc3ccccc32)CC1. The first-order chi connectivity index (χ1) is 9.29. The Balaban J connectivity index is 1.65. The van der Waals surface area contributed by atoms with Crippen LogP contribution in [0.4, 0.5) is 0 Å². The van der Waals surface area contributed by atoms with E-state index in [2.05, 4.69) is 34.4 Å². The van der Waals surface area contributed by atoms with Crippen LogP contribution in [0, 0.1) is 11.8 Å². The molecule has 1 saturated carbocycles. The molecule has 4 N–H and O–H groups in total. The van der Waals surface area contributed by atoms with Crippen molar-refractivity contribution in [2.45, 2.75) is 36.6 Å². The van der Waals surface area contributed by atoms with Crippen molar-refractivity contribution in [1.82, 2.24) is 10.1 Å². The largest absolute Gasteiger partial charge is 0.294 e. The second-order valence-electron chi connectivity index (χ2n) is 5.36. The average Bonchev–Trinajstić information content (AvgIpc) is 2.90. The zero-order valence-corrected chi connectivity index (χ0v) is 11.6. The second kappa shape index (κ2) is 5.53. The van der Waals surface area contributed by atoms with Gasteiger partial charge in [0, 0.05) is 16.9 Å². The van der Waals surface area contributed by atoms with E-state index in [0.717, 1.165) is 25.7 Å². The van der Waals surface area contributed by atoms with Gasteiger partial charge in [-0.15, -0.1) is 0 Å². The Labute approximate surface area is 117 Å².